The number of carbonyl (C=O) groups excluding carboxylic acids is 1. The lowest BCUT2D eigenvalue weighted by molar-refractivity contribution is 0.0930. The maximum atomic E-state index is 12.6. The van der Waals surface area contributed by atoms with Gasteiger partial charge in [0, 0.05) is 4.47 Å². The first-order valence-electron chi connectivity index (χ1n) is 7.18. The highest BCUT2D eigenvalue weighted by molar-refractivity contribution is 9.10. The van der Waals surface area contributed by atoms with E-state index in [2.05, 4.69) is 31.4 Å². The first-order chi connectivity index (χ1) is 11.2. The van der Waals surface area contributed by atoms with Gasteiger partial charge in [-0.15, -0.1) is 0 Å². The highest BCUT2D eigenvalue weighted by atomic mass is 79.9. The number of carbonyl (C=O) groups is 1. The highest BCUT2D eigenvalue weighted by Gasteiger charge is 2.18. The molecule has 116 valence electrons. The zero-order valence-electron chi connectivity index (χ0n) is 12.3. The van der Waals surface area contributed by atoms with E-state index in [1.54, 1.807) is 23.3 Å². The lowest BCUT2D eigenvalue weighted by Gasteiger charge is -2.19. The minimum Gasteiger partial charge on any atom is -0.343 e. The van der Waals surface area contributed by atoms with Crippen LogP contribution < -0.4 is 5.32 Å². The summed E-state index contributed by atoms with van der Waals surface area (Å²) in [5.74, 6) is -0.140. The predicted molar refractivity (Wildman–Crippen MR) is 90.8 cm³/mol. The lowest BCUT2D eigenvalue weighted by Crippen LogP contribution is -2.32. The third-order valence-corrected chi connectivity index (χ3v) is 4.13. The molecular formula is C17H15BrN4O. The molecular weight excluding hydrogens is 356 g/mol. The second-order valence-electron chi connectivity index (χ2n) is 5.00. The number of benzene rings is 2. The Kier molecular flexibility index (Phi) is 4.83. The van der Waals surface area contributed by atoms with E-state index >= 15 is 0 Å². The summed E-state index contributed by atoms with van der Waals surface area (Å²) in [6.45, 7) is 0.465. The fraction of sp³-hybridized carbons (Fsp3) is 0.118. The Labute approximate surface area is 142 Å². The van der Waals surface area contributed by atoms with Gasteiger partial charge in [-0.2, -0.15) is 15.0 Å². The molecule has 1 N–H and O–H groups in total. The van der Waals surface area contributed by atoms with Crippen LogP contribution in [0.2, 0.25) is 0 Å². The quantitative estimate of drug-likeness (QED) is 0.749. The van der Waals surface area contributed by atoms with Crippen molar-refractivity contribution in [1.82, 2.24) is 20.3 Å². The van der Waals surface area contributed by atoms with Gasteiger partial charge in [0.05, 0.1) is 30.5 Å². The van der Waals surface area contributed by atoms with Crippen molar-refractivity contribution in [2.75, 3.05) is 0 Å². The minimum atomic E-state index is -0.219. The van der Waals surface area contributed by atoms with Crippen LogP contribution in [-0.4, -0.2) is 20.9 Å². The SMILES string of the molecule is O=C(N[C@H](Cn1nccn1)c1ccccc1)c1ccccc1Br. The van der Waals surface area contributed by atoms with Crippen LogP contribution in [0, 0.1) is 0 Å². The average molecular weight is 371 g/mol. The molecule has 0 aliphatic heterocycles. The van der Waals surface area contributed by atoms with Gasteiger partial charge < -0.3 is 5.32 Å². The van der Waals surface area contributed by atoms with Gasteiger partial charge in [0.2, 0.25) is 0 Å². The Balaban J connectivity index is 1.84. The van der Waals surface area contributed by atoms with Crippen LogP contribution >= 0.6 is 15.9 Å². The summed E-state index contributed by atoms with van der Waals surface area (Å²) in [6.07, 6.45) is 3.25. The van der Waals surface area contributed by atoms with Crippen LogP contribution in [0.4, 0.5) is 0 Å². The van der Waals surface area contributed by atoms with Crippen LogP contribution in [0.5, 0.6) is 0 Å². The Morgan fingerprint density at radius 3 is 2.39 bits per heavy atom. The first kappa shape index (κ1) is 15.4. The maximum absolute atomic E-state index is 12.6. The second kappa shape index (κ2) is 7.19. The fourth-order valence-electron chi connectivity index (χ4n) is 2.30. The Morgan fingerprint density at radius 1 is 1.04 bits per heavy atom. The third-order valence-electron chi connectivity index (χ3n) is 3.44. The van der Waals surface area contributed by atoms with E-state index in [1.165, 1.54) is 0 Å². The Bertz CT molecular complexity index is 774. The summed E-state index contributed by atoms with van der Waals surface area (Å²) < 4.78 is 0.765. The summed E-state index contributed by atoms with van der Waals surface area (Å²) >= 11 is 3.41. The van der Waals surface area contributed by atoms with E-state index in [1.807, 2.05) is 48.5 Å². The number of rotatable bonds is 5. The molecule has 1 heterocycles. The number of amides is 1. The number of halogens is 1. The zero-order chi connectivity index (χ0) is 16.1. The van der Waals surface area contributed by atoms with Crippen LogP contribution in [0.3, 0.4) is 0 Å². The number of aromatic nitrogens is 3. The van der Waals surface area contributed by atoms with E-state index in [-0.39, 0.29) is 11.9 Å². The van der Waals surface area contributed by atoms with Crippen LogP contribution in [0.1, 0.15) is 22.0 Å². The van der Waals surface area contributed by atoms with Crippen molar-refractivity contribution < 1.29 is 4.79 Å². The highest BCUT2D eigenvalue weighted by Crippen LogP contribution is 2.19. The van der Waals surface area contributed by atoms with Gasteiger partial charge in [-0.1, -0.05) is 42.5 Å². The molecule has 0 spiro atoms. The van der Waals surface area contributed by atoms with Crippen molar-refractivity contribution >= 4 is 21.8 Å². The van der Waals surface area contributed by atoms with Gasteiger partial charge >= 0.3 is 0 Å². The molecule has 1 aromatic heterocycles. The van der Waals surface area contributed by atoms with E-state index in [0.29, 0.717) is 12.1 Å². The summed E-state index contributed by atoms with van der Waals surface area (Å²) in [6, 6.07) is 16.9. The summed E-state index contributed by atoms with van der Waals surface area (Å²) in [5, 5.41) is 11.3. The molecule has 0 saturated carbocycles. The molecule has 3 rings (SSSR count). The molecule has 0 bridgehead atoms. The molecule has 0 aliphatic carbocycles. The molecule has 1 amide bonds. The summed E-state index contributed by atoms with van der Waals surface area (Å²) in [4.78, 5) is 14.2. The van der Waals surface area contributed by atoms with E-state index in [9.17, 15) is 4.79 Å². The average Bonchev–Trinajstić information content (AvgIpc) is 3.08. The van der Waals surface area contributed by atoms with Gasteiger partial charge in [-0.3, -0.25) is 4.79 Å². The van der Waals surface area contributed by atoms with Crippen molar-refractivity contribution in [3.8, 4) is 0 Å². The number of hydrogen-bond acceptors (Lipinski definition) is 3. The molecule has 2 aromatic carbocycles. The van der Waals surface area contributed by atoms with E-state index in [4.69, 9.17) is 0 Å². The third kappa shape index (κ3) is 3.84. The molecule has 23 heavy (non-hydrogen) atoms. The molecule has 0 radical (unpaired) electrons. The largest absolute Gasteiger partial charge is 0.343 e. The normalized spacial score (nSPS) is 11.9. The molecule has 5 nitrogen and oxygen atoms in total. The molecule has 3 aromatic rings. The van der Waals surface area contributed by atoms with Crippen molar-refractivity contribution in [2.45, 2.75) is 12.6 Å². The molecule has 0 fully saturated rings. The fourth-order valence-corrected chi connectivity index (χ4v) is 2.77. The number of nitrogens with one attached hydrogen (secondary N) is 1. The van der Waals surface area contributed by atoms with E-state index in [0.717, 1.165) is 10.0 Å². The van der Waals surface area contributed by atoms with Crippen molar-refractivity contribution in [1.29, 1.82) is 0 Å². The molecule has 0 unspecified atom stereocenters. The van der Waals surface area contributed by atoms with Crippen LogP contribution in [-0.2, 0) is 6.54 Å². The van der Waals surface area contributed by atoms with Gasteiger partial charge in [0.25, 0.3) is 5.91 Å². The molecule has 1 atom stereocenters. The predicted octanol–water partition coefficient (Wildman–Crippen LogP) is 3.21. The maximum Gasteiger partial charge on any atom is 0.252 e. The van der Waals surface area contributed by atoms with E-state index < -0.39 is 0 Å². The summed E-state index contributed by atoms with van der Waals surface area (Å²) in [5.41, 5.74) is 1.60. The van der Waals surface area contributed by atoms with Crippen LogP contribution in [0.15, 0.2) is 71.5 Å². The standard InChI is InChI=1S/C17H15BrN4O/c18-15-9-5-4-8-14(15)17(23)21-16(12-22-19-10-11-20-22)13-6-2-1-3-7-13/h1-11,16H,12H2,(H,21,23)/t16-/m1/s1. The van der Waals surface area contributed by atoms with Gasteiger partial charge in [-0.05, 0) is 33.6 Å². The van der Waals surface area contributed by atoms with Crippen molar-refractivity contribution in [3.63, 3.8) is 0 Å². The van der Waals surface area contributed by atoms with Gasteiger partial charge in [-0.25, -0.2) is 0 Å². The smallest absolute Gasteiger partial charge is 0.252 e. The van der Waals surface area contributed by atoms with Crippen LogP contribution in [0.25, 0.3) is 0 Å². The van der Waals surface area contributed by atoms with Crippen molar-refractivity contribution in [3.05, 3.63) is 82.6 Å². The first-order valence-corrected chi connectivity index (χ1v) is 7.98. The Morgan fingerprint density at radius 2 is 1.70 bits per heavy atom. The number of hydrogen-bond donors (Lipinski definition) is 1. The monoisotopic (exact) mass is 370 g/mol. The zero-order valence-corrected chi connectivity index (χ0v) is 13.8. The lowest BCUT2D eigenvalue weighted by atomic mass is 10.1. The van der Waals surface area contributed by atoms with Gasteiger partial charge in [0.15, 0.2) is 0 Å². The molecule has 6 heteroatoms. The second-order valence-corrected chi connectivity index (χ2v) is 5.85. The Hall–Kier alpha value is -2.47. The molecule has 0 saturated heterocycles. The summed E-state index contributed by atoms with van der Waals surface area (Å²) in [7, 11) is 0. The molecule has 0 aliphatic rings. The number of nitrogens with zero attached hydrogens (tertiary/aromatic N) is 3. The van der Waals surface area contributed by atoms with Gasteiger partial charge in [0.1, 0.15) is 0 Å². The van der Waals surface area contributed by atoms with Crippen molar-refractivity contribution in [2.24, 2.45) is 0 Å². The minimum absolute atomic E-state index is 0.140. The topological polar surface area (TPSA) is 59.8 Å².